The molecule has 0 saturated carbocycles. The molecule has 3 rings (SSSR count). The summed E-state index contributed by atoms with van der Waals surface area (Å²) in [6.45, 7) is 3.76. The zero-order valence-corrected chi connectivity index (χ0v) is 18.8. The number of carbonyl (C=O) groups is 1. The first-order valence-corrected chi connectivity index (χ1v) is 8.57. The molecule has 1 heterocycles. The fourth-order valence-corrected chi connectivity index (χ4v) is 3.38. The number of fused-ring (bicyclic) bond motifs is 1. The number of imidazole rings is 1. The van der Waals surface area contributed by atoms with Crippen LogP contribution in [-0.4, -0.2) is 20.3 Å². The number of benzene rings is 2. The first-order valence-electron chi connectivity index (χ1n) is 7.75. The average molecular weight is 390 g/mol. The van der Waals surface area contributed by atoms with Crippen LogP contribution < -0.4 is 56.5 Å². The monoisotopic (exact) mass is 389 g/mol. The Morgan fingerprint density at radius 2 is 1.88 bits per heavy atom. The zero-order chi connectivity index (χ0) is 18.0. The summed E-state index contributed by atoms with van der Waals surface area (Å²) in [7, 11) is 0. The van der Waals surface area contributed by atoms with Gasteiger partial charge in [-0.05, 0) is 43.7 Å². The van der Waals surface area contributed by atoms with Crippen molar-refractivity contribution in [1.29, 1.82) is 5.26 Å². The van der Waals surface area contributed by atoms with Crippen molar-refractivity contribution in [1.82, 2.24) is 9.55 Å². The SMILES string of the molecule is CC(C)(Sc1nc2ccccc2n1Cc1ccc(C#N)cc1)C(=O)[O-].[K+]. The van der Waals surface area contributed by atoms with Crippen molar-refractivity contribution in [3.8, 4) is 6.07 Å². The quantitative estimate of drug-likeness (QED) is 0.437. The van der Waals surface area contributed by atoms with Crippen molar-refractivity contribution >= 4 is 28.8 Å². The molecule has 7 heteroatoms. The Bertz CT molecular complexity index is 975. The summed E-state index contributed by atoms with van der Waals surface area (Å²) >= 11 is 1.17. The Balaban J connectivity index is 0.00000243. The molecule has 0 aliphatic carbocycles. The Morgan fingerprint density at radius 1 is 1.23 bits per heavy atom. The Kier molecular flexibility index (Phi) is 7.08. The summed E-state index contributed by atoms with van der Waals surface area (Å²) in [5.41, 5.74) is 3.36. The van der Waals surface area contributed by atoms with E-state index in [1.165, 1.54) is 11.8 Å². The van der Waals surface area contributed by atoms with Crippen LogP contribution in [0.25, 0.3) is 11.0 Å². The Hall–Kier alpha value is -1.14. The van der Waals surface area contributed by atoms with Gasteiger partial charge in [0.15, 0.2) is 5.16 Å². The van der Waals surface area contributed by atoms with Gasteiger partial charge < -0.3 is 14.5 Å². The van der Waals surface area contributed by atoms with Crippen LogP contribution in [0, 0.1) is 11.3 Å². The first-order chi connectivity index (χ1) is 11.9. The average Bonchev–Trinajstić information content (AvgIpc) is 2.92. The number of nitrogens with zero attached hydrogens (tertiary/aromatic N) is 3. The van der Waals surface area contributed by atoms with E-state index in [0.29, 0.717) is 17.3 Å². The van der Waals surface area contributed by atoms with Crippen LogP contribution in [0.15, 0.2) is 53.7 Å². The van der Waals surface area contributed by atoms with Crippen LogP contribution >= 0.6 is 11.8 Å². The summed E-state index contributed by atoms with van der Waals surface area (Å²) in [6.07, 6.45) is 0. The van der Waals surface area contributed by atoms with Gasteiger partial charge in [0.2, 0.25) is 0 Å². The largest absolute Gasteiger partial charge is 1.00 e. The van der Waals surface area contributed by atoms with Gasteiger partial charge in [-0.1, -0.05) is 36.0 Å². The molecule has 1 aromatic heterocycles. The van der Waals surface area contributed by atoms with E-state index in [4.69, 9.17) is 5.26 Å². The third-order valence-electron chi connectivity index (χ3n) is 3.88. The molecule has 0 aliphatic heterocycles. The second kappa shape index (κ2) is 8.70. The van der Waals surface area contributed by atoms with Crippen LogP contribution in [0.4, 0.5) is 0 Å². The topological polar surface area (TPSA) is 81.7 Å². The van der Waals surface area contributed by atoms with Crippen LogP contribution in [0.5, 0.6) is 0 Å². The van der Waals surface area contributed by atoms with E-state index in [1.54, 1.807) is 26.0 Å². The summed E-state index contributed by atoms with van der Waals surface area (Å²) in [5, 5.41) is 20.9. The van der Waals surface area contributed by atoms with Crippen molar-refractivity contribution < 1.29 is 61.3 Å². The molecular formula is C19H16KN3O2S. The number of hydrogen-bond acceptors (Lipinski definition) is 5. The van der Waals surface area contributed by atoms with E-state index in [0.717, 1.165) is 16.6 Å². The van der Waals surface area contributed by atoms with E-state index in [9.17, 15) is 9.90 Å². The minimum Gasteiger partial charge on any atom is -0.549 e. The third-order valence-corrected chi connectivity index (χ3v) is 5.05. The second-order valence-corrected chi connectivity index (χ2v) is 7.77. The number of carboxylic acids is 1. The van der Waals surface area contributed by atoms with Crippen molar-refractivity contribution in [3.63, 3.8) is 0 Å². The number of carboxylic acid groups (broad SMARTS) is 1. The van der Waals surface area contributed by atoms with E-state index in [1.807, 2.05) is 41.0 Å². The predicted molar refractivity (Wildman–Crippen MR) is 94.9 cm³/mol. The fourth-order valence-electron chi connectivity index (χ4n) is 2.42. The molecule has 0 fully saturated rings. The summed E-state index contributed by atoms with van der Waals surface area (Å²) in [4.78, 5) is 16.0. The number of para-hydroxylation sites is 2. The van der Waals surface area contributed by atoms with Gasteiger partial charge >= 0.3 is 51.4 Å². The van der Waals surface area contributed by atoms with Crippen LogP contribution in [0.2, 0.25) is 0 Å². The molecule has 0 aliphatic rings. The number of thioether (sulfide) groups is 1. The van der Waals surface area contributed by atoms with Gasteiger partial charge in [0.25, 0.3) is 0 Å². The molecule has 0 spiro atoms. The molecule has 126 valence electrons. The molecule has 5 nitrogen and oxygen atoms in total. The molecule has 26 heavy (non-hydrogen) atoms. The van der Waals surface area contributed by atoms with Crippen molar-refractivity contribution in [2.24, 2.45) is 0 Å². The minimum atomic E-state index is -1.13. The Labute approximate surface area is 198 Å². The molecule has 0 N–H and O–H groups in total. The van der Waals surface area contributed by atoms with Gasteiger partial charge in [-0.15, -0.1) is 0 Å². The van der Waals surface area contributed by atoms with Crippen LogP contribution in [0.1, 0.15) is 25.0 Å². The molecule has 0 radical (unpaired) electrons. The van der Waals surface area contributed by atoms with E-state index in [2.05, 4.69) is 11.1 Å². The van der Waals surface area contributed by atoms with E-state index < -0.39 is 10.7 Å². The maximum Gasteiger partial charge on any atom is 1.00 e. The van der Waals surface area contributed by atoms with Crippen LogP contribution in [0.3, 0.4) is 0 Å². The summed E-state index contributed by atoms with van der Waals surface area (Å²) < 4.78 is 0.899. The van der Waals surface area contributed by atoms with Gasteiger partial charge in [-0.3, -0.25) is 0 Å². The number of hydrogen-bond donors (Lipinski definition) is 0. The van der Waals surface area contributed by atoms with E-state index in [-0.39, 0.29) is 51.4 Å². The third kappa shape index (κ3) is 4.57. The molecule has 2 aromatic carbocycles. The van der Waals surface area contributed by atoms with E-state index >= 15 is 0 Å². The summed E-state index contributed by atoms with van der Waals surface area (Å²) in [5.74, 6) is -1.13. The first kappa shape index (κ1) is 21.2. The van der Waals surface area contributed by atoms with Crippen LogP contribution in [-0.2, 0) is 11.3 Å². The Morgan fingerprint density at radius 3 is 2.50 bits per heavy atom. The molecule has 0 atom stereocenters. The number of carbonyl (C=O) groups excluding carboxylic acids is 1. The molecule has 3 aromatic rings. The van der Waals surface area contributed by atoms with Crippen molar-refractivity contribution in [2.75, 3.05) is 0 Å². The molecular weight excluding hydrogens is 373 g/mol. The fraction of sp³-hybridized carbons (Fsp3) is 0.211. The number of aromatic nitrogens is 2. The smallest absolute Gasteiger partial charge is 0.549 e. The number of aliphatic carboxylic acids is 1. The zero-order valence-electron chi connectivity index (χ0n) is 14.9. The van der Waals surface area contributed by atoms with Gasteiger partial charge in [0.1, 0.15) is 0 Å². The van der Waals surface area contributed by atoms with Gasteiger partial charge in [0.05, 0.1) is 39.9 Å². The minimum absolute atomic E-state index is 0. The number of nitriles is 1. The maximum atomic E-state index is 11.4. The second-order valence-electron chi connectivity index (χ2n) is 6.18. The molecule has 0 amide bonds. The van der Waals surface area contributed by atoms with Gasteiger partial charge in [-0.25, -0.2) is 4.98 Å². The van der Waals surface area contributed by atoms with Gasteiger partial charge in [-0.2, -0.15) is 5.26 Å². The summed E-state index contributed by atoms with van der Waals surface area (Å²) in [6, 6.07) is 17.1. The molecule has 0 bridgehead atoms. The standard InChI is InChI=1S/C19H17N3O2S.K/c1-19(2,17(23)24)25-18-21-15-5-3-4-6-16(15)22(18)12-14-9-7-13(11-20)8-10-14;/h3-10H,12H2,1-2H3,(H,23,24);/q;+1/p-1. The number of rotatable bonds is 5. The van der Waals surface area contributed by atoms with Crippen molar-refractivity contribution in [2.45, 2.75) is 30.3 Å². The maximum absolute atomic E-state index is 11.4. The van der Waals surface area contributed by atoms with Crippen molar-refractivity contribution in [3.05, 3.63) is 59.7 Å². The molecule has 0 unspecified atom stereocenters. The molecule has 0 saturated heterocycles. The normalized spacial score (nSPS) is 11.0. The predicted octanol–water partition coefficient (Wildman–Crippen LogP) is -0.419. The van der Waals surface area contributed by atoms with Gasteiger partial charge in [0, 0.05) is 0 Å².